The quantitative estimate of drug-likeness (QED) is 0.513. The second kappa shape index (κ2) is 9.10. The van der Waals surface area contributed by atoms with Crippen molar-refractivity contribution in [2.75, 3.05) is 13.2 Å². The molecule has 0 aliphatic rings. The van der Waals surface area contributed by atoms with Gasteiger partial charge in [0.15, 0.2) is 5.69 Å². The number of hydrogen-bond donors (Lipinski definition) is 0. The zero-order valence-corrected chi connectivity index (χ0v) is 12.9. The summed E-state index contributed by atoms with van der Waals surface area (Å²) >= 11 is 0. The van der Waals surface area contributed by atoms with Gasteiger partial charge in [-0.25, -0.2) is 14.3 Å². The lowest BCUT2D eigenvalue weighted by Crippen LogP contribution is -2.18. The molecule has 1 rings (SSSR count). The van der Waals surface area contributed by atoms with Crippen LogP contribution < -0.4 is 0 Å². The summed E-state index contributed by atoms with van der Waals surface area (Å²) in [7, 11) is 0. The van der Waals surface area contributed by atoms with E-state index in [1.165, 1.54) is 4.68 Å². The summed E-state index contributed by atoms with van der Waals surface area (Å²) in [5.74, 6) is -1.22. The number of nitrogens with zero attached hydrogens (tertiary/aromatic N) is 3. The molecule has 1 aromatic heterocycles. The van der Waals surface area contributed by atoms with Crippen molar-refractivity contribution in [2.45, 2.75) is 53.0 Å². The first kappa shape index (κ1) is 17.1. The number of carbonyl (C=O) groups is 2. The van der Waals surface area contributed by atoms with Crippen LogP contribution in [0.1, 0.15) is 67.4 Å². The maximum atomic E-state index is 12.1. The number of aryl methyl sites for hydroxylation is 1. The number of esters is 2. The van der Waals surface area contributed by atoms with Crippen molar-refractivity contribution in [2.24, 2.45) is 0 Å². The maximum Gasteiger partial charge on any atom is 0.361 e. The van der Waals surface area contributed by atoms with Crippen molar-refractivity contribution < 1.29 is 19.1 Å². The molecule has 0 amide bonds. The molecule has 0 saturated carbocycles. The molecule has 0 aromatic carbocycles. The second-order valence-electron chi connectivity index (χ2n) is 4.58. The molecular weight excluding hydrogens is 274 g/mol. The van der Waals surface area contributed by atoms with Crippen LogP contribution in [0.3, 0.4) is 0 Å². The van der Waals surface area contributed by atoms with Gasteiger partial charge in [0.2, 0.25) is 5.69 Å². The van der Waals surface area contributed by atoms with Crippen molar-refractivity contribution in [3.63, 3.8) is 0 Å². The summed E-state index contributed by atoms with van der Waals surface area (Å²) in [6.07, 6.45) is 3.38. The molecule has 1 heterocycles. The Hall–Kier alpha value is -1.92. The number of aromatic nitrogens is 3. The van der Waals surface area contributed by atoms with E-state index in [9.17, 15) is 9.59 Å². The standard InChI is InChI=1S/C14H23N3O4/c1-4-7-9-20-13(18)11-12(17(6-3)16-15-11)14(19)21-10-8-5-2/h4-10H2,1-3H3. The molecule has 0 aliphatic heterocycles. The molecular formula is C14H23N3O4. The minimum atomic E-state index is -0.634. The minimum Gasteiger partial charge on any atom is -0.461 e. The molecule has 7 heteroatoms. The molecule has 0 spiro atoms. The number of unbranched alkanes of at least 4 members (excludes halogenated alkanes) is 2. The highest BCUT2D eigenvalue weighted by atomic mass is 16.5. The fourth-order valence-electron chi connectivity index (χ4n) is 1.63. The van der Waals surface area contributed by atoms with Gasteiger partial charge in [0.25, 0.3) is 0 Å². The Kier molecular flexibility index (Phi) is 7.42. The summed E-state index contributed by atoms with van der Waals surface area (Å²) in [5.41, 5.74) is -0.00967. The van der Waals surface area contributed by atoms with Gasteiger partial charge in [-0.05, 0) is 19.8 Å². The monoisotopic (exact) mass is 297 g/mol. The first-order valence-electron chi connectivity index (χ1n) is 7.43. The van der Waals surface area contributed by atoms with Gasteiger partial charge in [-0.15, -0.1) is 5.10 Å². The average molecular weight is 297 g/mol. The SMILES string of the molecule is CCCCOC(=O)c1nnn(CC)c1C(=O)OCCCC. The summed E-state index contributed by atoms with van der Waals surface area (Å²) in [4.78, 5) is 24.0. The van der Waals surface area contributed by atoms with Gasteiger partial charge in [-0.2, -0.15) is 0 Å². The van der Waals surface area contributed by atoms with E-state index in [2.05, 4.69) is 10.3 Å². The fraction of sp³-hybridized carbons (Fsp3) is 0.714. The highest BCUT2D eigenvalue weighted by Gasteiger charge is 2.27. The molecule has 118 valence electrons. The summed E-state index contributed by atoms with van der Waals surface area (Å²) < 4.78 is 11.6. The summed E-state index contributed by atoms with van der Waals surface area (Å²) in [5, 5.41) is 7.55. The van der Waals surface area contributed by atoms with Gasteiger partial charge in [-0.3, -0.25) is 0 Å². The number of hydrogen-bond acceptors (Lipinski definition) is 6. The van der Waals surface area contributed by atoms with Crippen LogP contribution in [-0.2, 0) is 16.0 Å². The van der Waals surface area contributed by atoms with Crippen LogP contribution in [0.15, 0.2) is 0 Å². The van der Waals surface area contributed by atoms with E-state index in [0.717, 1.165) is 25.7 Å². The van der Waals surface area contributed by atoms with Gasteiger partial charge >= 0.3 is 11.9 Å². The van der Waals surface area contributed by atoms with E-state index < -0.39 is 11.9 Å². The van der Waals surface area contributed by atoms with Gasteiger partial charge in [0.05, 0.1) is 13.2 Å². The van der Waals surface area contributed by atoms with E-state index in [1.807, 2.05) is 20.8 Å². The van der Waals surface area contributed by atoms with E-state index in [1.54, 1.807) is 0 Å². The Morgan fingerprint density at radius 2 is 1.57 bits per heavy atom. The van der Waals surface area contributed by atoms with E-state index in [4.69, 9.17) is 9.47 Å². The first-order chi connectivity index (χ1) is 10.2. The average Bonchev–Trinajstić information content (AvgIpc) is 2.91. The maximum absolute atomic E-state index is 12.1. The van der Waals surface area contributed by atoms with Crippen LogP contribution in [-0.4, -0.2) is 40.1 Å². The Balaban J connectivity index is 2.82. The molecule has 0 aliphatic carbocycles. The van der Waals surface area contributed by atoms with Crippen molar-refractivity contribution in [3.05, 3.63) is 11.4 Å². The molecule has 0 N–H and O–H groups in total. The summed E-state index contributed by atoms with van der Waals surface area (Å²) in [6.45, 7) is 6.85. The molecule has 1 aromatic rings. The van der Waals surface area contributed by atoms with Crippen molar-refractivity contribution in [1.82, 2.24) is 15.0 Å². The number of rotatable bonds is 9. The Labute approximate surface area is 124 Å². The third-order valence-electron chi connectivity index (χ3n) is 2.88. The highest BCUT2D eigenvalue weighted by Crippen LogP contribution is 2.10. The normalized spacial score (nSPS) is 10.4. The van der Waals surface area contributed by atoms with Crippen LogP contribution in [0.25, 0.3) is 0 Å². The van der Waals surface area contributed by atoms with Crippen LogP contribution >= 0.6 is 0 Å². The van der Waals surface area contributed by atoms with E-state index >= 15 is 0 Å². The smallest absolute Gasteiger partial charge is 0.361 e. The predicted molar refractivity (Wildman–Crippen MR) is 76.1 cm³/mol. The first-order valence-corrected chi connectivity index (χ1v) is 7.43. The number of carbonyl (C=O) groups excluding carboxylic acids is 2. The summed E-state index contributed by atoms with van der Waals surface area (Å²) in [6, 6.07) is 0. The van der Waals surface area contributed by atoms with Gasteiger partial charge in [0.1, 0.15) is 0 Å². The van der Waals surface area contributed by atoms with Crippen LogP contribution in [0, 0.1) is 0 Å². The lowest BCUT2D eigenvalue weighted by molar-refractivity contribution is 0.0440. The molecule has 0 radical (unpaired) electrons. The molecule has 21 heavy (non-hydrogen) atoms. The van der Waals surface area contributed by atoms with Crippen LogP contribution in [0.5, 0.6) is 0 Å². The van der Waals surface area contributed by atoms with Crippen molar-refractivity contribution >= 4 is 11.9 Å². The van der Waals surface area contributed by atoms with E-state index in [0.29, 0.717) is 19.8 Å². The lowest BCUT2D eigenvalue weighted by Gasteiger charge is -2.07. The largest absolute Gasteiger partial charge is 0.461 e. The van der Waals surface area contributed by atoms with Crippen molar-refractivity contribution in [1.29, 1.82) is 0 Å². The fourth-order valence-corrected chi connectivity index (χ4v) is 1.63. The zero-order valence-electron chi connectivity index (χ0n) is 12.9. The van der Waals surface area contributed by atoms with Crippen LogP contribution in [0.2, 0.25) is 0 Å². The molecule has 0 saturated heterocycles. The second-order valence-corrected chi connectivity index (χ2v) is 4.58. The third-order valence-corrected chi connectivity index (χ3v) is 2.88. The van der Waals surface area contributed by atoms with E-state index in [-0.39, 0.29) is 11.4 Å². The molecule has 7 nitrogen and oxygen atoms in total. The van der Waals surface area contributed by atoms with Gasteiger partial charge < -0.3 is 9.47 Å². The minimum absolute atomic E-state index is 0.0649. The molecule has 0 fully saturated rings. The third kappa shape index (κ3) is 4.84. The number of ether oxygens (including phenoxy) is 2. The predicted octanol–water partition coefficient (Wildman–Crippen LogP) is 2.21. The Bertz CT molecular complexity index is 471. The molecule has 0 atom stereocenters. The Morgan fingerprint density at radius 1 is 1.00 bits per heavy atom. The topological polar surface area (TPSA) is 83.3 Å². The van der Waals surface area contributed by atoms with Crippen LogP contribution in [0.4, 0.5) is 0 Å². The Morgan fingerprint density at radius 3 is 2.10 bits per heavy atom. The zero-order chi connectivity index (χ0) is 15.7. The van der Waals surface area contributed by atoms with Gasteiger partial charge in [-0.1, -0.05) is 31.9 Å². The van der Waals surface area contributed by atoms with Gasteiger partial charge in [0, 0.05) is 6.54 Å². The lowest BCUT2D eigenvalue weighted by atomic mass is 10.3. The molecule has 0 bridgehead atoms. The van der Waals surface area contributed by atoms with Crippen molar-refractivity contribution in [3.8, 4) is 0 Å². The highest BCUT2D eigenvalue weighted by molar-refractivity contribution is 6.00. The molecule has 0 unspecified atom stereocenters.